The Morgan fingerprint density at radius 2 is 2.67 bits per heavy atom. The zero-order valence-corrected chi connectivity index (χ0v) is 7.57. The highest BCUT2D eigenvalue weighted by Crippen LogP contribution is 2.16. The van der Waals surface area contributed by atoms with Crippen molar-refractivity contribution in [2.45, 2.75) is 26.9 Å². The molecular weight excluding hydrogens is 214 g/mol. The summed E-state index contributed by atoms with van der Waals surface area (Å²) in [4.78, 5) is 3.59. The fourth-order valence-electron chi connectivity index (χ4n) is 0.627. The van der Waals surface area contributed by atoms with Crippen molar-refractivity contribution in [3.63, 3.8) is 0 Å². The zero-order valence-electron chi connectivity index (χ0n) is 18.0. The molecular formula is C10H14BrN. The van der Waals surface area contributed by atoms with E-state index < -0.39 is 38.5 Å². The van der Waals surface area contributed by atoms with Crippen molar-refractivity contribution in [2.75, 3.05) is 0 Å². The van der Waals surface area contributed by atoms with E-state index in [-0.39, 0.29) is 10.0 Å². The van der Waals surface area contributed by atoms with Crippen molar-refractivity contribution in [3.05, 3.63) is 28.0 Å². The molecule has 12 heavy (non-hydrogen) atoms. The average molecular weight is 240 g/mol. The standard InChI is InChI=1S/C10H14BrN/c1-7(2)4-9-5-10(11)8(3)6-12-9/h5-7H,4H2,1-3H3/i1D3,2D3,3D3,4D2,7D. The molecule has 1 rings (SSSR count). The largest absolute Gasteiger partial charge is 0.261 e. The maximum Gasteiger partial charge on any atom is 0.0417 e. The second kappa shape index (κ2) is 4.04. The molecule has 0 radical (unpaired) electrons. The molecule has 1 aromatic rings. The summed E-state index contributed by atoms with van der Waals surface area (Å²) in [6.45, 7) is -9.53. The highest BCUT2D eigenvalue weighted by Gasteiger charge is 2.01. The predicted molar refractivity (Wildman–Crippen MR) is 55.2 cm³/mol. The lowest BCUT2D eigenvalue weighted by molar-refractivity contribution is 0.635. The van der Waals surface area contributed by atoms with Gasteiger partial charge in [-0.3, -0.25) is 4.98 Å². The third-order valence-corrected chi connectivity index (χ3v) is 1.76. The molecule has 0 bridgehead atoms. The highest BCUT2D eigenvalue weighted by molar-refractivity contribution is 9.10. The van der Waals surface area contributed by atoms with Crippen LogP contribution in [0.4, 0.5) is 0 Å². The fourth-order valence-corrected chi connectivity index (χ4v) is 0.946. The first-order valence-electron chi connectivity index (χ1n) is 9.04. The lowest BCUT2D eigenvalue weighted by atomic mass is 10.1. The van der Waals surface area contributed by atoms with Crippen molar-refractivity contribution in [1.82, 2.24) is 4.98 Å². The molecule has 1 heterocycles. The number of hydrogen-bond donors (Lipinski definition) is 0. The second-order valence-corrected chi connectivity index (χ2v) is 2.90. The van der Waals surface area contributed by atoms with Crippen LogP contribution in [0.3, 0.4) is 0 Å². The van der Waals surface area contributed by atoms with E-state index in [9.17, 15) is 0 Å². The summed E-state index contributed by atoms with van der Waals surface area (Å²) < 4.78 is 89.9. The summed E-state index contributed by atoms with van der Waals surface area (Å²) >= 11 is 2.93. The van der Waals surface area contributed by atoms with Crippen LogP contribution in [0.15, 0.2) is 16.7 Å². The monoisotopic (exact) mass is 239 g/mol. The molecule has 0 atom stereocenters. The summed E-state index contributed by atoms with van der Waals surface area (Å²) in [7, 11) is 0. The van der Waals surface area contributed by atoms with Crippen molar-refractivity contribution < 1.29 is 16.4 Å². The van der Waals surface area contributed by atoms with Gasteiger partial charge in [0, 0.05) is 32.8 Å². The van der Waals surface area contributed by atoms with Gasteiger partial charge in [-0.05, 0) is 30.7 Å². The Morgan fingerprint density at radius 1 is 1.83 bits per heavy atom. The van der Waals surface area contributed by atoms with E-state index >= 15 is 0 Å². The number of pyridine rings is 1. The molecule has 0 aromatic carbocycles. The second-order valence-electron chi connectivity index (χ2n) is 2.05. The van der Waals surface area contributed by atoms with E-state index in [0.717, 1.165) is 12.3 Å². The lowest BCUT2D eigenvalue weighted by Gasteiger charge is -2.05. The van der Waals surface area contributed by atoms with Crippen LogP contribution < -0.4 is 0 Å². The van der Waals surface area contributed by atoms with Gasteiger partial charge in [0.1, 0.15) is 0 Å². The van der Waals surface area contributed by atoms with Crippen LogP contribution in [-0.2, 0) is 6.37 Å². The number of aryl methyl sites for hydroxylation is 1. The van der Waals surface area contributed by atoms with E-state index in [1.165, 1.54) is 0 Å². The molecule has 0 spiro atoms. The van der Waals surface area contributed by atoms with Crippen molar-refractivity contribution in [2.24, 2.45) is 5.89 Å². The van der Waals surface area contributed by atoms with Gasteiger partial charge in [0.05, 0.1) is 0 Å². The van der Waals surface area contributed by atoms with Gasteiger partial charge < -0.3 is 0 Å². The normalized spacial score (nSPS) is 30.8. The van der Waals surface area contributed by atoms with Crippen LogP contribution in [0.25, 0.3) is 0 Å². The number of nitrogens with zero attached hydrogens (tertiary/aromatic N) is 1. The molecule has 0 aliphatic carbocycles. The first kappa shape index (κ1) is 2.35. The Balaban J connectivity index is 3.61. The molecule has 0 unspecified atom stereocenters. The number of rotatable bonds is 2. The van der Waals surface area contributed by atoms with Crippen LogP contribution >= 0.6 is 15.9 Å². The molecule has 0 N–H and O–H groups in total. The highest BCUT2D eigenvalue weighted by atomic mass is 79.9. The minimum absolute atomic E-state index is 0.0881. The number of aromatic nitrogens is 1. The minimum atomic E-state index is -3.50. The third kappa shape index (κ3) is 2.59. The van der Waals surface area contributed by atoms with Crippen LogP contribution in [0.5, 0.6) is 0 Å². The van der Waals surface area contributed by atoms with Gasteiger partial charge in [-0.1, -0.05) is 29.6 Å². The van der Waals surface area contributed by atoms with Gasteiger partial charge in [0.25, 0.3) is 0 Å². The first-order valence-corrected chi connectivity index (χ1v) is 3.83. The zero-order chi connectivity index (χ0) is 19.4. The topological polar surface area (TPSA) is 12.9 Å². The lowest BCUT2D eigenvalue weighted by Crippen LogP contribution is -1.97. The molecule has 0 amide bonds. The SMILES string of the molecule is [2H]C([2H])([2H])c1cnc(C([2H])([2H])C([2H])(C([2H])([2H])[2H])C([2H])([2H])[2H])cc1Br. The smallest absolute Gasteiger partial charge is 0.0417 e. The Labute approximate surface area is 99.2 Å². The molecule has 0 saturated heterocycles. The summed E-state index contributed by atoms with van der Waals surface area (Å²) in [5, 5.41) is 0. The number of hydrogen-bond acceptors (Lipinski definition) is 1. The molecule has 0 aliphatic heterocycles. The first-order chi connectivity index (χ1) is 10.4. The quantitative estimate of drug-likeness (QED) is 0.772. The Bertz CT molecular complexity index is 600. The van der Waals surface area contributed by atoms with Gasteiger partial charge in [0.2, 0.25) is 0 Å². The van der Waals surface area contributed by atoms with Gasteiger partial charge >= 0.3 is 0 Å². The predicted octanol–water partition coefficient (Wildman–Crippen LogP) is 3.35. The van der Waals surface area contributed by atoms with E-state index in [0.29, 0.717) is 0 Å². The van der Waals surface area contributed by atoms with E-state index in [2.05, 4.69) is 20.9 Å². The maximum absolute atomic E-state index is 7.99. The van der Waals surface area contributed by atoms with Gasteiger partial charge in [0.15, 0.2) is 0 Å². The van der Waals surface area contributed by atoms with E-state index in [1.807, 2.05) is 0 Å². The van der Waals surface area contributed by atoms with E-state index in [1.54, 1.807) is 0 Å². The summed E-state index contributed by atoms with van der Waals surface area (Å²) in [6.07, 6.45) is -2.40. The van der Waals surface area contributed by atoms with Crippen molar-refractivity contribution in [1.29, 1.82) is 0 Å². The summed E-state index contributed by atoms with van der Waals surface area (Å²) in [5.74, 6) is -3.50. The minimum Gasteiger partial charge on any atom is -0.261 e. The van der Waals surface area contributed by atoms with E-state index in [4.69, 9.17) is 16.4 Å². The Morgan fingerprint density at radius 3 is 3.25 bits per heavy atom. The molecule has 1 nitrogen and oxygen atoms in total. The van der Waals surface area contributed by atoms with Crippen LogP contribution in [-0.4, -0.2) is 4.98 Å². The third-order valence-electron chi connectivity index (χ3n) is 1.11. The summed E-state index contributed by atoms with van der Waals surface area (Å²) in [6, 6.07) is 0.891. The molecule has 0 aliphatic rings. The molecule has 1 aromatic heterocycles. The molecule has 0 fully saturated rings. The Hall–Kier alpha value is -0.370. The molecule has 0 saturated carbocycles. The van der Waals surface area contributed by atoms with Crippen LogP contribution in [0.1, 0.15) is 41.4 Å². The number of halogens is 1. The Kier molecular flexibility index (Phi) is 0.791. The van der Waals surface area contributed by atoms with Crippen molar-refractivity contribution >= 4 is 15.9 Å². The average Bonchev–Trinajstić information content (AvgIpc) is 2.33. The molecule has 66 valence electrons. The molecule has 2 heteroatoms. The van der Waals surface area contributed by atoms with Gasteiger partial charge in [-0.25, -0.2) is 0 Å². The fraction of sp³-hybridized carbons (Fsp3) is 0.500. The van der Waals surface area contributed by atoms with Gasteiger partial charge in [-0.2, -0.15) is 0 Å². The van der Waals surface area contributed by atoms with Crippen LogP contribution in [0.2, 0.25) is 0 Å². The van der Waals surface area contributed by atoms with Crippen LogP contribution in [0, 0.1) is 12.7 Å². The summed E-state index contributed by atoms with van der Waals surface area (Å²) in [5.41, 5.74) is -0.912. The maximum atomic E-state index is 7.99. The van der Waals surface area contributed by atoms with Gasteiger partial charge in [-0.15, -0.1) is 0 Å². The van der Waals surface area contributed by atoms with Crippen molar-refractivity contribution in [3.8, 4) is 0 Å².